The number of amides is 1. The van der Waals surface area contributed by atoms with E-state index in [1.165, 1.54) is 0 Å². The molecule has 24 heavy (non-hydrogen) atoms. The third-order valence-corrected chi connectivity index (χ3v) is 4.40. The molecule has 1 atom stereocenters. The number of aromatic nitrogens is 3. The molecular weight excluding hydrogens is 304 g/mol. The van der Waals surface area contributed by atoms with Crippen molar-refractivity contribution in [3.05, 3.63) is 48.0 Å². The van der Waals surface area contributed by atoms with Gasteiger partial charge in [-0.1, -0.05) is 0 Å². The molecule has 2 aromatic rings. The van der Waals surface area contributed by atoms with Gasteiger partial charge in [0.2, 0.25) is 0 Å². The van der Waals surface area contributed by atoms with Crippen LogP contribution in [-0.4, -0.2) is 44.4 Å². The molecule has 1 saturated heterocycles. The molecule has 3 heterocycles. The predicted octanol–water partition coefficient (Wildman–Crippen LogP) is 2.59. The number of hydrogen-bond donors (Lipinski definition) is 0. The second-order valence-electron chi connectivity index (χ2n) is 6.50. The Morgan fingerprint density at radius 1 is 1.25 bits per heavy atom. The molecule has 1 aliphatic rings. The lowest BCUT2D eigenvalue weighted by molar-refractivity contribution is 0.0637. The molecule has 0 N–H and O–H groups in total. The van der Waals surface area contributed by atoms with Crippen molar-refractivity contribution < 1.29 is 9.59 Å². The number of pyridine rings is 1. The standard InChI is InChI=1S/C18H22N4O2/c1-13(2)22-12-16(10-20-22)18(24)21-8-4-6-15(11-21)17(23)14-5-3-7-19-9-14/h3,5,7,9-10,12-13,15H,4,6,8,11H2,1-2H3/t15-/m1/s1. The third kappa shape index (κ3) is 3.37. The molecule has 1 fully saturated rings. The van der Waals surface area contributed by atoms with Crippen molar-refractivity contribution in [1.29, 1.82) is 0 Å². The molecule has 6 nitrogen and oxygen atoms in total. The predicted molar refractivity (Wildman–Crippen MR) is 89.8 cm³/mol. The van der Waals surface area contributed by atoms with E-state index < -0.39 is 0 Å². The van der Waals surface area contributed by atoms with Crippen LogP contribution in [0.3, 0.4) is 0 Å². The SMILES string of the molecule is CC(C)n1cc(C(=O)N2CCC[C@@H](C(=O)c3cccnc3)C2)cn1. The van der Waals surface area contributed by atoms with Crippen LogP contribution in [0, 0.1) is 5.92 Å². The monoisotopic (exact) mass is 326 g/mol. The van der Waals surface area contributed by atoms with Gasteiger partial charge in [-0.2, -0.15) is 5.10 Å². The van der Waals surface area contributed by atoms with Crippen LogP contribution in [0.15, 0.2) is 36.9 Å². The first-order valence-corrected chi connectivity index (χ1v) is 8.34. The molecule has 0 saturated carbocycles. The highest BCUT2D eigenvalue weighted by atomic mass is 16.2. The van der Waals surface area contributed by atoms with Gasteiger partial charge in [-0.15, -0.1) is 0 Å². The summed E-state index contributed by atoms with van der Waals surface area (Å²) in [7, 11) is 0. The smallest absolute Gasteiger partial charge is 0.257 e. The third-order valence-electron chi connectivity index (χ3n) is 4.40. The van der Waals surface area contributed by atoms with Gasteiger partial charge in [0.25, 0.3) is 5.91 Å². The summed E-state index contributed by atoms with van der Waals surface area (Å²) >= 11 is 0. The second kappa shape index (κ2) is 6.95. The normalized spacial score (nSPS) is 18.0. The summed E-state index contributed by atoms with van der Waals surface area (Å²) in [5.74, 6) is -0.142. The minimum absolute atomic E-state index is 0.0504. The molecule has 6 heteroatoms. The minimum Gasteiger partial charge on any atom is -0.338 e. The summed E-state index contributed by atoms with van der Waals surface area (Å²) in [5.41, 5.74) is 1.20. The number of likely N-dealkylation sites (tertiary alicyclic amines) is 1. The number of nitrogens with zero attached hydrogens (tertiary/aromatic N) is 4. The number of Topliss-reactive ketones (excluding diaryl/α,β-unsaturated/α-hetero) is 1. The molecule has 0 bridgehead atoms. The van der Waals surface area contributed by atoms with E-state index in [4.69, 9.17) is 0 Å². The van der Waals surface area contributed by atoms with E-state index in [-0.39, 0.29) is 23.7 Å². The highest BCUT2D eigenvalue weighted by Gasteiger charge is 2.30. The Labute approximate surface area is 141 Å². The summed E-state index contributed by atoms with van der Waals surface area (Å²) in [5, 5.41) is 4.23. The zero-order valence-electron chi connectivity index (χ0n) is 14.1. The number of piperidine rings is 1. The summed E-state index contributed by atoms with van der Waals surface area (Å²) in [6.07, 6.45) is 8.27. The van der Waals surface area contributed by atoms with Gasteiger partial charge in [0, 0.05) is 49.2 Å². The first kappa shape index (κ1) is 16.4. The molecule has 0 unspecified atom stereocenters. The van der Waals surface area contributed by atoms with Gasteiger partial charge < -0.3 is 4.90 Å². The highest BCUT2D eigenvalue weighted by Crippen LogP contribution is 2.22. The van der Waals surface area contributed by atoms with Crippen LogP contribution in [0.2, 0.25) is 0 Å². The maximum atomic E-state index is 12.7. The topological polar surface area (TPSA) is 68.1 Å². The summed E-state index contributed by atoms with van der Waals surface area (Å²) in [6, 6.07) is 3.76. The van der Waals surface area contributed by atoms with Crippen LogP contribution >= 0.6 is 0 Å². The molecule has 0 radical (unpaired) electrons. The molecule has 0 aliphatic carbocycles. The van der Waals surface area contributed by atoms with Gasteiger partial charge in [0.15, 0.2) is 5.78 Å². The van der Waals surface area contributed by atoms with E-state index in [2.05, 4.69) is 10.1 Å². The Bertz CT molecular complexity index is 724. The van der Waals surface area contributed by atoms with E-state index in [9.17, 15) is 9.59 Å². The fourth-order valence-corrected chi connectivity index (χ4v) is 3.03. The van der Waals surface area contributed by atoms with Crippen molar-refractivity contribution >= 4 is 11.7 Å². The Balaban J connectivity index is 1.70. The summed E-state index contributed by atoms with van der Waals surface area (Å²) in [4.78, 5) is 31.1. The lowest BCUT2D eigenvalue weighted by atomic mass is 9.90. The van der Waals surface area contributed by atoms with Crippen LogP contribution in [0.5, 0.6) is 0 Å². The van der Waals surface area contributed by atoms with Crippen LogP contribution in [0.1, 0.15) is 53.4 Å². The Hall–Kier alpha value is -2.50. The Kier molecular flexibility index (Phi) is 4.74. The van der Waals surface area contributed by atoms with Crippen molar-refractivity contribution in [2.24, 2.45) is 5.92 Å². The van der Waals surface area contributed by atoms with Crippen molar-refractivity contribution in [2.45, 2.75) is 32.7 Å². The molecule has 1 aliphatic heterocycles. The van der Waals surface area contributed by atoms with Crippen LogP contribution in [-0.2, 0) is 0 Å². The fraction of sp³-hybridized carbons (Fsp3) is 0.444. The molecule has 1 amide bonds. The largest absolute Gasteiger partial charge is 0.338 e. The Morgan fingerprint density at radius 2 is 2.08 bits per heavy atom. The van der Waals surface area contributed by atoms with E-state index >= 15 is 0 Å². The van der Waals surface area contributed by atoms with Crippen molar-refractivity contribution in [3.63, 3.8) is 0 Å². The molecule has 3 rings (SSSR count). The first-order chi connectivity index (χ1) is 11.6. The van der Waals surface area contributed by atoms with E-state index in [1.54, 1.807) is 46.5 Å². The summed E-state index contributed by atoms with van der Waals surface area (Å²) < 4.78 is 1.77. The molecule has 2 aromatic heterocycles. The van der Waals surface area contributed by atoms with E-state index in [0.29, 0.717) is 24.2 Å². The molecule has 0 aromatic carbocycles. The van der Waals surface area contributed by atoms with Gasteiger partial charge in [0.05, 0.1) is 11.8 Å². The number of hydrogen-bond acceptors (Lipinski definition) is 4. The zero-order chi connectivity index (χ0) is 17.1. The van der Waals surface area contributed by atoms with Crippen molar-refractivity contribution in [2.75, 3.05) is 13.1 Å². The highest BCUT2D eigenvalue weighted by molar-refractivity contribution is 5.99. The van der Waals surface area contributed by atoms with Gasteiger partial charge >= 0.3 is 0 Å². The van der Waals surface area contributed by atoms with E-state index in [0.717, 1.165) is 12.8 Å². The van der Waals surface area contributed by atoms with Crippen molar-refractivity contribution in [1.82, 2.24) is 19.7 Å². The average molecular weight is 326 g/mol. The van der Waals surface area contributed by atoms with Crippen LogP contribution < -0.4 is 0 Å². The lowest BCUT2D eigenvalue weighted by Crippen LogP contribution is -2.42. The number of ketones is 1. The minimum atomic E-state index is -0.160. The summed E-state index contributed by atoms with van der Waals surface area (Å²) in [6.45, 7) is 5.18. The Morgan fingerprint density at radius 3 is 2.75 bits per heavy atom. The van der Waals surface area contributed by atoms with Gasteiger partial charge in [-0.05, 0) is 38.8 Å². The molecule has 126 valence electrons. The zero-order valence-corrected chi connectivity index (χ0v) is 14.1. The van der Waals surface area contributed by atoms with Gasteiger partial charge in [0.1, 0.15) is 0 Å². The lowest BCUT2D eigenvalue weighted by Gasteiger charge is -2.31. The maximum absolute atomic E-state index is 12.7. The number of carbonyl (C=O) groups is 2. The van der Waals surface area contributed by atoms with Crippen molar-refractivity contribution in [3.8, 4) is 0 Å². The molecule has 0 spiro atoms. The quantitative estimate of drug-likeness (QED) is 0.810. The average Bonchev–Trinajstić information content (AvgIpc) is 3.12. The van der Waals surface area contributed by atoms with Crippen LogP contribution in [0.4, 0.5) is 0 Å². The second-order valence-corrected chi connectivity index (χ2v) is 6.50. The number of carbonyl (C=O) groups excluding carboxylic acids is 2. The fourth-order valence-electron chi connectivity index (χ4n) is 3.03. The first-order valence-electron chi connectivity index (χ1n) is 8.34. The van der Waals surface area contributed by atoms with E-state index in [1.807, 2.05) is 13.8 Å². The van der Waals surface area contributed by atoms with Crippen LogP contribution in [0.25, 0.3) is 0 Å². The number of rotatable bonds is 4. The maximum Gasteiger partial charge on any atom is 0.257 e. The molecular formula is C18H22N4O2. The van der Waals surface area contributed by atoms with Gasteiger partial charge in [-0.25, -0.2) is 0 Å². The van der Waals surface area contributed by atoms with Gasteiger partial charge in [-0.3, -0.25) is 19.3 Å².